The van der Waals surface area contributed by atoms with Gasteiger partial charge >= 0.3 is 0 Å². The number of imidazole rings is 2. The second kappa shape index (κ2) is 21.3. The van der Waals surface area contributed by atoms with E-state index in [1.54, 1.807) is 25.0 Å². The van der Waals surface area contributed by atoms with Crippen LogP contribution in [0.25, 0.3) is 11.4 Å². The van der Waals surface area contributed by atoms with E-state index in [4.69, 9.17) is 18.9 Å². The minimum absolute atomic E-state index is 0.0639. The standard InChI is InChI=1S/2C32H40N4O4/c2*1-19-15-20(2)25(26(37)16-19)17-35-13-11-24-27(31(35)38)21(3)29-30(28(24)36-14-12-33-18-36)40-32(4,39-29)22-7-9-23(10-8-22)34(5)6/h2*12,14-15,18,22-23H,7-11,13,16-17H2,1-6H3/t2*22?,23?,32-/m10/s1. The Hall–Kier alpha value is -6.78. The Kier molecular flexibility index (Phi) is 14.7. The molecule has 4 aliphatic carbocycles. The molecule has 0 radical (unpaired) electrons. The lowest BCUT2D eigenvalue weighted by molar-refractivity contribution is -0.123. The third-order valence-electron chi connectivity index (χ3n) is 18.9. The summed E-state index contributed by atoms with van der Waals surface area (Å²) >= 11 is 0. The van der Waals surface area contributed by atoms with Gasteiger partial charge in [-0.3, -0.25) is 19.2 Å². The Morgan fingerprint density at radius 3 is 1.23 bits per heavy atom. The smallest absolute Gasteiger partial charge is 0.254 e. The number of amides is 2. The van der Waals surface area contributed by atoms with E-state index < -0.39 is 11.6 Å². The first-order valence-electron chi connectivity index (χ1n) is 29.0. The molecule has 16 nitrogen and oxygen atoms in total. The van der Waals surface area contributed by atoms with Gasteiger partial charge in [-0.1, -0.05) is 23.3 Å². The molecule has 2 aromatic carbocycles. The number of Topliss-reactive ketones (excluding diaryl/α,β-unsaturated/α-hetero) is 2. The molecule has 0 unspecified atom stereocenters. The van der Waals surface area contributed by atoms with Crippen LogP contribution in [0.3, 0.4) is 0 Å². The molecule has 8 aliphatic rings. The van der Waals surface area contributed by atoms with Gasteiger partial charge in [-0.05, 0) is 156 Å². The Labute approximate surface area is 471 Å². The van der Waals surface area contributed by atoms with Crippen LogP contribution in [0.15, 0.2) is 83.0 Å². The SMILES string of the molecule is CC1=CC(C)=C(CN2CCc3c(c(C)c4c(c3-n3ccnc3)O[C@@](C)(C3CCC(N(C)C)CC3)O4)C2=O)C(=O)C1.CC1=CC(C)=C(CN2CCc3c(c(C)c4c(c3-n3ccnc3)O[C@](C)(C3CCC(N(C)C)CC3)O4)C2=O)C(=O)C1. The molecule has 2 fully saturated rings. The zero-order valence-electron chi connectivity index (χ0n) is 49.1. The van der Waals surface area contributed by atoms with E-state index in [0.29, 0.717) is 98.1 Å². The first-order valence-corrected chi connectivity index (χ1v) is 29.0. The summed E-state index contributed by atoms with van der Waals surface area (Å²) in [5.41, 5.74) is 12.0. The molecule has 4 aliphatic heterocycles. The molecular weight excluding hydrogens is 1010 g/mol. The summed E-state index contributed by atoms with van der Waals surface area (Å²) in [7, 11) is 8.60. The van der Waals surface area contributed by atoms with Crippen LogP contribution in [0.2, 0.25) is 0 Å². The number of fused-ring (bicyclic) bond motifs is 4. The number of carbonyl (C=O) groups excluding carboxylic acids is 4. The highest BCUT2D eigenvalue weighted by molar-refractivity contribution is 6.05. The van der Waals surface area contributed by atoms with Gasteiger partial charge in [0.05, 0.1) is 35.2 Å². The van der Waals surface area contributed by atoms with Crippen LogP contribution in [0.1, 0.15) is 149 Å². The van der Waals surface area contributed by atoms with E-state index in [9.17, 15) is 19.2 Å². The molecule has 0 spiro atoms. The third kappa shape index (κ3) is 9.81. The zero-order valence-corrected chi connectivity index (χ0v) is 49.1. The van der Waals surface area contributed by atoms with Crippen LogP contribution in [0.4, 0.5) is 0 Å². The van der Waals surface area contributed by atoms with Crippen molar-refractivity contribution in [2.45, 2.75) is 156 Å². The Balaban J connectivity index is 0.000000169. The number of benzene rings is 2. The summed E-state index contributed by atoms with van der Waals surface area (Å²) < 4.78 is 30.9. The average molecular weight is 1090 g/mol. The number of rotatable bonds is 10. The van der Waals surface area contributed by atoms with Crippen molar-refractivity contribution in [3.05, 3.63) is 116 Å². The lowest BCUT2D eigenvalue weighted by Crippen LogP contribution is -2.46. The van der Waals surface area contributed by atoms with Crippen LogP contribution >= 0.6 is 0 Å². The normalized spacial score (nSPS) is 26.5. The van der Waals surface area contributed by atoms with E-state index in [1.165, 1.54) is 0 Å². The zero-order chi connectivity index (χ0) is 56.7. The van der Waals surface area contributed by atoms with Gasteiger partial charge < -0.3 is 47.7 Å². The van der Waals surface area contributed by atoms with Crippen molar-refractivity contribution in [2.24, 2.45) is 11.8 Å². The highest BCUT2D eigenvalue weighted by Crippen LogP contribution is 2.55. The van der Waals surface area contributed by atoms with Crippen LogP contribution in [-0.4, -0.2) is 140 Å². The minimum atomic E-state index is -0.799. The summed E-state index contributed by atoms with van der Waals surface area (Å²) in [6, 6.07) is 1.16. The van der Waals surface area contributed by atoms with Gasteiger partial charge in [0, 0.05) is 124 Å². The predicted molar refractivity (Wildman–Crippen MR) is 306 cm³/mol. The predicted octanol–water partition coefficient (Wildman–Crippen LogP) is 10.0. The molecule has 0 saturated heterocycles. The molecule has 0 bridgehead atoms. The van der Waals surface area contributed by atoms with Crippen molar-refractivity contribution in [2.75, 3.05) is 54.4 Å². The summed E-state index contributed by atoms with van der Waals surface area (Å²) in [5.74, 6) is 1.70. The molecule has 0 N–H and O–H groups in total. The van der Waals surface area contributed by atoms with Crippen molar-refractivity contribution < 1.29 is 38.1 Å². The summed E-state index contributed by atoms with van der Waals surface area (Å²) in [6.07, 6.45) is 25.6. The lowest BCUT2D eigenvalue weighted by Gasteiger charge is -2.39. The first kappa shape index (κ1) is 55.1. The van der Waals surface area contributed by atoms with Crippen LogP contribution in [0.5, 0.6) is 23.0 Å². The molecule has 12 rings (SSSR count). The van der Waals surface area contributed by atoms with Gasteiger partial charge in [0.2, 0.25) is 0 Å². The molecule has 4 aromatic rings. The van der Waals surface area contributed by atoms with Crippen LogP contribution in [-0.2, 0) is 22.4 Å². The third-order valence-corrected chi connectivity index (χ3v) is 18.9. The van der Waals surface area contributed by atoms with E-state index in [-0.39, 0.29) is 35.2 Å². The molecular formula is C64H80N8O8. The molecule has 16 heteroatoms. The number of hydrogen-bond donors (Lipinski definition) is 0. The maximum absolute atomic E-state index is 14.1. The summed E-state index contributed by atoms with van der Waals surface area (Å²) in [6.45, 7) is 17.6. The van der Waals surface area contributed by atoms with E-state index in [0.717, 1.165) is 118 Å². The van der Waals surface area contributed by atoms with Crippen molar-refractivity contribution in [3.63, 3.8) is 0 Å². The minimum Gasteiger partial charge on any atom is -0.448 e. The number of nitrogens with zero attached hydrogens (tertiary/aromatic N) is 8. The van der Waals surface area contributed by atoms with Crippen LogP contribution in [0, 0.1) is 25.7 Å². The fourth-order valence-electron chi connectivity index (χ4n) is 14.3. The van der Waals surface area contributed by atoms with E-state index >= 15 is 0 Å². The fourth-order valence-corrected chi connectivity index (χ4v) is 14.3. The maximum Gasteiger partial charge on any atom is 0.254 e. The first-order chi connectivity index (χ1) is 38.1. The van der Waals surface area contributed by atoms with Gasteiger partial charge in [0.15, 0.2) is 34.6 Å². The quantitative estimate of drug-likeness (QED) is 0.149. The number of carbonyl (C=O) groups is 4. The Morgan fingerprint density at radius 1 is 0.537 bits per heavy atom. The molecule has 2 atom stereocenters. The van der Waals surface area contributed by atoms with Crippen molar-refractivity contribution in [3.8, 4) is 34.4 Å². The number of hydrogen-bond acceptors (Lipinski definition) is 12. The molecule has 2 amide bonds. The fraction of sp³-hybridized carbons (Fsp3) is 0.531. The van der Waals surface area contributed by atoms with Crippen molar-refractivity contribution in [1.29, 1.82) is 0 Å². The average Bonchev–Trinajstić information content (AvgIpc) is 4.40. The van der Waals surface area contributed by atoms with E-state index in [2.05, 4.69) is 74.0 Å². The maximum atomic E-state index is 14.1. The van der Waals surface area contributed by atoms with Gasteiger partial charge in [0.1, 0.15) is 0 Å². The Bertz CT molecular complexity index is 3080. The monoisotopic (exact) mass is 1090 g/mol. The van der Waals surface area contributed by atoms with Crippen LogP contribution < -0.4 is 18.9 Å². The van der Waals surface area contributed by atoms with Gasteiger partial charge in [0.25, 0.3) is 23.4 Å². The topological polar surface area (TPSA) is 154 Å². The van der Waals surface area contributed by atoms with E-state index in [1.807, 2.05) is 72.9 Å². The number of ketones is 2. The van der Waals surface area contributed by atoms with Crippen molar-refractivity contribution in [1.82, 2.24) is 38.7 Å². The molecule has 6 heterocycles. The second-order valence-electron chi connectivity index (χ2n) is 24.7. The molecule has 424 valence electrons. The molecule has 80 heavy (non-hydrogen) atoms. The number of allylic oxidation sites excluding steroid dienone is 6. The van der Waals surface area contributed by atoms with Crippen molar-refractivity contribution >= 4 is 23.4 Å². The Morgan fingerprint density at radius 2 is 0.900 bits per heavy atom. The second-order valence-corrected chi connectivity index (χ2v) is 24.7. The number of ether oxygens (including phenoxy) is 4. The highest BCUT2D eigenvalue weighted by atomic mass is 16.7. The highest BCUT2D eigenvalue weighted by Gasteiger charge is 2.51. The molecule has 2 saturated carbocycles. The summed E-state index contributed by atoms with van der Waals surface area (Å²) in [5, 5.41) is 0. The lowest BCUT2D eigenvalue weighted by atomic mass is 9.81. The molecule has 2 aromatic heterocycles. The van der Waals surface area contributed by atoms with Gasteiger partial charge in [-0.2, -0.15) is 0 Å². The largest absolute Gasteiger partial charge is 0.448 e. The van der Waals surface area contributed by atoms with Gasteiger partial charge in [-0.15, -0.1) is 0 Å². The van der Waals surface area contributed by atoms with Gasteiger partial charge in [-0.25, -0.2) is 9.97 Å². The number of aromatic nitrogens is 4. The summed E-state index contributed by atoms with van der Waals surface area (Å²) in [4.78, 5) is 70.8.